The molecule has 0 saturated heterocycles. The molecule has 0 spiro atoms. The van der Waals surface area contributed by atoms with Crippen molar-refractivity contribution in [2.45, 2.75) is 25.4 Å². The first-order valence-corrected chi connectivity index (χ1v) is 9.77. The number of carbonyl (C=O) groups excluding carboxylic acids is 2. The van der Waals surface area contributed by atoms with Crippen molar-refractivity contribution < 1.29 is 37.0 Å². The molecular formula is C22H24F3NO5. The summed E-state index contributed by atoms with van der Waals surface area (Å²) in [6, 6.07) is 17.1. The molecule has 6 nitrogen and oxygen atoms in total. The Labute approximate surface area is 178 Å². The van der Waals surface area contributed by atoms with E-state index in [0.29, 0.717) is 26.2 Å². The number of ether oxygens (including phenoxy) is 3. The summed E-state index contributed by atoms with van der Waals surface area (Å²) in [5, 5.41) is 2.91. The fourth-order valence-electron chi connectivity index (χ4n) is 2.47. The summed E-state index contributed by atoms with van der Waals surface area (Å²) >= 11 is 0. The first-order chi connectivity index (χ1) is 14.8. The molecule has 0 bridgehead atoms. The van der Waals surface area contributed by atoms with Crippen LogP contribution in [0.2, 0.25) is 0 Å². The summed E-state index contributed by atoms with van der Waals surface area (Å²) in [7, 11) is 0. The predicted molar refractivity (Wildman–Crippen MR) is 107 cm³/mol. The summed E-state index contributed by atoms with van der Waals surface area (Å²) < 4.78 is 50.9. The summed E-state index contributed by atoms with van der Waals surface area (Å²) in [6.07, 6.45) is -4.10. The number of para-hydroxylation sites is 1. The maximum Gasteiger partial charge on any atom is 0.491 e. The average molecular weight is 439 g/mol. The zero-order valence-corrected chi connectivity index (χ0v) is 16.8. The third-order valence-corrected chi connectivity index (χ3v) is 4.03. The zero-order valence-electron chi connectivity index (χ0n) is 16.8. The Morgan fingerprint density at radius 2 is 1.45 bits per heavy atom. The Balaban J connectivity index is 1.54. The highest BCUT2D eigenvalue weighted by Gasteiger charge is 2.42. The van der Waals surface area contributed by atoms with Gasteiger partial charge in [-0.05, 0) is 42.8 Å². The Bertz CT molecular complexity index is 810. The molecule has 2 rings (SSSR count). The highest BCUT2D eigenvalue weighted by molar-refractivity contribution is 5.88. The molecule has 0 aliphatic rings. The lowest BCUT2D eigenvalue weighted by Gasteiger charge is -2.09. The van der Waals surface area contributed by atoms with Crippen LogP contribution in [-0.2, 0) is 20.7 Å². The van der Waals surface area contributed by atoms with E-state index in [0.717, 1.165) is 23.5 Å². The molecule has 2 aromatic rings. The maximum absolute atomic E-state index is 12.0. The van der Waals surface area contributed by atoms with E-state index in [-0.39, 0.29) is 13.0 Å². The fourth-order valence-corrected chi connectivity index (χ4v) is 2.47. The van der Waals surface area contributed by atoms with Gasteiger partial charge in [0.2, 0.25) is 0 Å². The topological polar surface area (TPSA) is 73.9 Å². The summed E-state index contributed by atoms with van der Waals surface area (Å²) in [5.41, 5.74) is 1.03. The fraction of sp³-hybridized carbons (Fsp3) is 0.364. The Hall–Kier alpha value is -3.07. The van der Waals surface area contributed by atoms with Crippen molar-refractivity contribution in [1.29, 1.82) is 0 Å². The van der Waals surface area contributed by atoms with E-state index in [1.807, 2.05) is 54.6 Å². The molecule has 0 saturated carbocycles. The lowest BCUT2D eigenvalue weighted by molar-refractivity contribution is -0.201. The Morgan fingerprint density at radius 1 is 0.839 bits per heavy atom. The van der Waals surface area contributed by atoms with Crippen molar-refractivity contribution in [3.8, 4) is 11.5 Å². The quantitative estimate of drug-likeness (QED) is 0.309. The van der Waals surface area contributed by atoms with Crippen LogP contribution in [0.15, 0.2) is 54.6 Å². The lowest BCUT2D eigenvalue weighted by Crippen LogP contribution is -2.29. The largest absolute Gasteiger partial charge is 0.493 e. The molecule has 0 radical (unpaired) electrons. The van der Waals surface area contributed by atoms with Crippen LogP contribution in [0.1, 0.15) is 18.4 Å². The predicted octanol–water partition coefficient (Wildman–Crippen LogP) is 3.69. The van der Waals surface area contributed by atoms with Crippen molar-refractivity contribution in [2.75, 3.05) is 26.3 Å². The second-order valence-corrected chi connectivity index (χ2v) is 6.52. The molecule has 2 aromatic carbocycles. The van der Waals surface area contributed by atoms with Gasteiger partial charge in [0.25, 0.3) is 0 Å². The van der Waals surface area contributed by atoms with E-state index < -0.39 is 18.1 Å². The maximum atomic E-state index is 12.0. The number of alkyl halides is 3. The van der Waals surface area contributed by atoms with Gasteiger partial charge in [0.05, 0.1) is 19.6 Å². The zero-order chi connectivity index (χ0) is 22.5. The van der Waals surface area contributed by atoms with Crippen molar-refractivity contribution in [3.05, 3.63) is 60.2 Å². The van der Waals surface area contributed by atoms with Gasteiger partial charge in [0, 0.05) is 13.0 Å². The molecule has 0 heterocycles. The van der Waals surface area contributed by atoms with Crippen LogP contribution in [0.3, 0.4) is 0 Å². The smallest absolute Gasteiger partial charge is 0.491 e. The van der Waals surface area contributed by atoms with Crippen molar-refractivity contribution >= 4 is 11.9 Å². The number of nitrogens with one attached hydrogen (secondary N) is 1. The van der Waals surface area contributed by atoms with Crippen LogP contribution in [0, 0.1) is 0 Å². The molecule has 9 heteroatoms. The van der Waals surface area contributed by atoms with Gasteiger partial charge in [0.1, 0.15) is 11.5 Å². The van der Waals surface area contributed by atoms with Gasteiger partial charge in [-0.2, -0.15) is 13.2 Å². The standard InChI is InChI=1S/C22H24F3NO5/c23-22(24,25)21(28)31-20(27)12-14-26-13-11-17-7-9-19(10-8-17)30-16-4-15-29-18-5-2-1-3-6-18/h1-3,5-10,26H,4,11-16H2. The highest BCUT2D eigenvalue weighted by Crippen LogP contribution is 2.17. The van der Waals surface area contributed by atoms with Crippen molar-refractivity contribution in [2.24, 2.45) is 0 Å². The van der Waals surface area contributed by atoms with E-state index in [1.165, 1.54) is 0 Å². The van der Waals surface area contributed by atoms with Gasteiger partial charge in [-0.15, -0.1) is 0 Å². The van der Waals surface area contributed by atoms with Crippen molar-refractivity contribution in [1.82, 2.24) is 5.32 Å². The van der Waals surface area contributed by atoms with E-state index in [2.05, 4.69) is 10.1 Å². The monoisotopic (exact) mass is 439 g/mol. The first-order valence-electron chi connectivity index (χ1n) is 9.77. The molecule has 31 heavy (non-hydrogen) atoms. The summed E-state index contributed by atoms with van der Waals surface area (Å²) in [6.45, 7) is 1.71. The number of benzene rings is 2. The lowest BCUT2D eigenvalue weighted by atomic mass is 10.1. The number of carbonyl (C=O) groups is 2. The Kier molecular flexibility index (Phi) is 9.83. The minimum atomic E-state index is -5.17. The van der Waals surface area contributed by atoms with E-state index in [9.17, 15) is 22.8 Å². The molecule has 0 aromatic heterocycles. The van der Waals surface area contributed by atoms with Crippen LogP contribution in [0.25, 0.3) is 0 Å². The second kappa shape index (κ2) is 12.6. The van der Waals surface area contributed by atoms with Crippen LogP contribution >= 0.6 is 0 Å². The summed E-state index contributed by atoms with van der Waals surface area (Å²) in [4.78, 5) is 21.7. The highest BCUT2D eigenvalue weighted by atomic mass is 19.4. The molecular weight excluding hydrogens is 415 g/mol. The van der Waals surface area contributed by atoms with Gasteiger partial charge >= 0.3 is 18.1 Å². The van der Waals surface area contributed by atoms with Gasteiger partial charge in [0.15, 0.2) is 0 Å². The minimum absolute atomic E-state index is 0.107. The number of hydrogen-bond acceptors (Lipinski definition) is 6. The number of halogens is 3. The normalized spacial score (nSPS) is 11.1. The van der Waals surface area contributed by atoms with E-state index >= 15 is 0 Å². The molecule has 1 N–H and O–H groups in total. The minimum Gasteiger partial charge on any atom is -0.493 e. The van der Waals surface area contributed by atoms with Crippen LogP contribution < -0.4 is 14.8 Å². The van der Waals surface area contributed by atoms with Crippen LogP contribution in [0.4, 0.5) is 13.2 Å². The molecule has 0 amide bonds. The van der Waals surface area contributed by atoms with Gasteiger partial charge in [-0.25, -0.2) is 4.79 Å². The molecule has 0 atom stereocenters. The van der Waals surface area contributed by atoms with Gasteiger partial charge in [-0.1, -0.05) is 30.3 Å². The third kappa shape index (κ3) is 9.99. The molecule has 0 aliphatic heterocycles. The molecule has 0 unspecified atom stereocenters. The SMILES string of the molecule is O=C(CCNCCc1ccc(OCCCOc2ccccc2)cc1)OC(=O)C(F)(F)F. The second-order valence-electron chi connectivity index (χ2n) is 6.52. The van der Waals surface area contributed by atoms with Crippen molar-refractivity contribution in [3.63, 3.8) is 0 Å². The van der Waals surface area contributed by atoms with E-state index in [1.54, 1.807) is 0 Å². The van der Waals surface area contributed by atoms with Gasteiger partial charge < -0.3 is 19.5 Å². The number of rotatable bonds is 12. The molecule has 0 fully saturated rings. The van der Waals surface area contributed by atoms with E-state index in [4.69, 9.17) is 9.47 Å². The molecule has 0 aliphatic carbocycles. The third-order valence-electron chi connectivity index (χ3n) is 4.03. The number of hydrogen-bond donors (Lipinski definition) is 1. The summed E-state index contributed by atoms with van der Waals surface area (Å²) in [5.74, 6) is -2.14. The average Bonchev–Trinajstić information content (AvgIpc) is 2.74. The molecule has 168 valence electrons. The number of esters is 2. The van der Waals surface area contributed by atoms with Gasteiger partial charge in [-0.3, -0.25) is 4.79 Å². The first kappa shape index (κ1) is 24.2. The Morgan fingerprint density at radius 3 is 2.06 bits per heavy atom. The van der Waals surface area contributed by atoms with Crippen LogP contribution in [0.5, 0.6) is 11.5 Å². The van der Waals surface area contributed by atoms with Crippen LogP contribution in [-0.4, -0.2) is 44.4 Å².